The van der Waals surface area contributed by atoms with E-state index in [0.717, 1.165) is 16.9 Å². The topological polar surface area (TPSA) is 94.1 Å². The zero-order chi connectivity index (χ0) is 22.1. The van der Waals surface area contributed by atoms with Crippen molar-refractivity contribution in [2.45, 2.75) is 18.1 Å². The van der Waals surface area contributed by atoms with Gasteiger partial charge in [-0.25, -0.2) is 10.9 Å². The van der Waals surface area contributed by atoms with Gasteiger partial charge < -0.3 is 19.8 Å². The molecule has 4 atom stereocenters. The van der Waals surface area contributed by atoms with Crippen molar-refractivity contribution >= 4 is 5.91 Å². The molecule has 7 heteroatoms. The minimum Gasteiger partial charge on any atom is -0.508 e. The van der Waals surface area contributed by atoms with Crippen molar-refractivity contribution in [3.05, 3.63) is 90.0 Å². The lowest BCUT2D eigenvalue weighted by Crippen LogP contribution is -2.42. The van der Waals surface area contributed by atoms with Gasteiger partial charge in [-0.3, -0.25) is 4.79 Å². The molecule has 2 aliphatic rings. The summed E-state index contributed by atoms with van der Waals surface area (Å²) < 4.78 is 6.02. The van der Waals surface area contributed by atoms with Crippen LogP contribution < -0.4 is 15.6 Å². The Morgan fingerprint density at radius 2 is 1.59 bits per heavy atom. The Kier molecular flexibility index (Phi) is 5.53. The number of likely N-dealkylation sites (tertiary alicyclic amines) is 1. The first-order valence-corrected chi connectivity index (χ1v) is 10.7. The van der Waals surface area contributed by atoms with Gasteiger partial charge in [0.2, 0.25) is 5.91 Å². The molecule has 2 aliphatic heterocycles. The van der Waals surface area contributed by atoms with Gasteiger partial charge in [-0.15, -0.1) is 0 Å². The number of nitrogens with one attached hydrogen (secondary N) is 2. The molecule has 2 fully saturated rings. The normalized spacial score (nSPS) is 24.5. The first-order chi connectivity index (χ1) is 15.7. The van der Waals surface area contributed by atoms with Crippen molar-refractivity contribution in [1.82, 2.24) is 15.8 Å². The number of β-amino-alcohol motifs (C(OH)–C–C–N with tert-alkyl or cyclic N) is 1. The standard InChI is InChI=1S/C25H25N3O4/c29-14-13-28-24(16-7-6-10-18(15-16)32-17-8-2-1-3-9-17)21-22(26-27-23(21)25(28)31)19-11-4-5-12-20(19)30/h1-12,15,21-24,26-27,29-30H,13-14H2. The average Bonchev–Trinajstić information content (AvgIpc) is 3.35. The summed E-state index contributed by atoms with van der Waals surface area (Å²) >= 11 is 0. The predicted octanol–water partition coefficient (Wildman–Crippen LogP) is 2.89. The van der Waals surface area contributed by atoms with Crippen LogP contribution in [-0.2, 0) is 4.79 Å². The highest BCUT2D eigenvalue weighted by Gasteiger charge is 2.55. The highest BCUT2D eigenvalue weighted by Crippen LogP contribution is 2.48. The van der Waals surface area contributed by atoms with Gasteiger partial charge in [0, 0.05) is 18.0 Å². The van der Waals surface area contributed by atoms with Crippen molar-refractivity contribution in [2.24, 2.45) is 5.92 Å². The number of nitrogens with zero attached hydrogens (tertiary/aromatic N) is 1. The second-order valence-electron chi connectivity index (χ2n) is 8.07. The number of ether oxygens (including phenoxy) is 1. The number of para-hydroxylation sites is 2. The van der Waals surface area contributed by atoms with Crippen molar-refractivity contribution in [1.29, 1.82) is 0 Å². The molecule has 0 radical (unpaired) electrons. The summed E-state index contributed by atoms with van der Waals surface area (Å²) in [7, 11) is 0. The Morgan fingerprint density at radius 3 is 2.38 bits per heavy atom. The minimum atomic E-state index is -0.463. The molecule has 32 heavy (non-hydrogen) atoms. The monoisotopic (exact) mass is 431 g/mol. The van der Waals surface area contributed by atoms with Crippen LogP contribution in [0, 0.1) is 5.92 Å². The Bertz CT molecular complexity index is 1110. The minimum absolute atomic E-state index is 0.0751. The molecular formula is C25H25N3O4. The number of hydrogen-bond donors (Lipinski definition) is 4. The number of aromatic hydroxyl groups is 1. The molecule has 7 nitrogen and oxygen atoms in total. The third-order valence-corrected chi connectivity index (χ3v) is 6.20. The van der Waals surface area contributed by atoms with Gasteiger partial charge in [0.05, 0.1) is 18.7 Å². The first kappa shape index (κ1) is 20.5. The third-order valence-electron chi connectivity index (χ3n) is 6.20. The molecule has 0 aliphatic carbocycles. The van der Waals surface area contributed by atoms with E-state index in [-0.39, 0.29) is 42.8 Å². The van der Waals surface area contributed by atoms with E-state index in [1.54, 1.807) is 17.0 Å². The molecular weight excluding hydrogens is 406 g/mol. The second-order valence-corrected chi connectivity index (χ2v) is 8.07. The van der Waals surface area contributed by atoms with E-state index >= 15 is 0 Å². The molecule has 4 unspecified atom stereocenters. The Balaban J connectivity index is 1.53. The molecule has 1 amide bonds. The maximum absolute atomic E-state index is 13.2. The number of rotatable bonds is 6. The molecule has 3 aromatic rings. The fourth-order valence-electron chi connectivity index (χ4n) is 4.86. The molecule has 4 N–H and O–H groups in total. The van der Waals surface area contributed by atoms with E-state index in [2.05, 4.69) is 10.9 Å². The molecule has 0 bridgehead atoms. The predicted molar refractivity (Wildman–Crippen MR) is 119 cm³/mol. The van der Waals surface area contributed by atoms with E-state index in [4.69, 9.17) is 4.74 Å². The quantitative estimate of drug-likeness (QED) is 0.480. The maximum atomic E-state index is 13.2. The number of fused-ring (bicyclic) bond motifs is 1. The number of aliphatic hydroxyl groups excluding tert-OH is 1. The van der Waals surface area contributed by atoms with Crippen molar-refractivity contribution in [2.75, 3.05) is 13.2 Å². The number of carbonyl (C=O) groups excluding carboxylic acids is 1. The lowest BCUT2D eigenvalue weighted by molar-refractivity contribution is -0.131. The van der Waals surface area contributed by atoms with Gasteiger partial charge in [0.15, 0.2) is 0 Å². The van der Waals surface area contributed by atoms with E-state index in [0.29, 0.717) is 5.75 Å². The third kappa shape index (κ3) is 3.60. The molecule has 0 saturated carbocycles. The summed E-state index contributed by atoms with van der Waals surface area (Å²) in [5.41, 5.74) is 7.98. The van der Waals surface area contributed by atoms with Crippen LogP contribution in [0.4, 0.5) is 0 Å². The fraction of sp³-hybridized carbons (Fsp3) is 0.240. The van der Waals surface area contributed by atoms with E-state index in [1.807, 2.05) is 66.7 Å². The number of phenolic OH excluding ortho intramolecular Hbond substituents is 1. The number of carbonyl (C=O) groups is 1. The SMILES string of the molecule is O=C1C2NNC(c3ccccc3O)C2C(c2cccc(Oc3ccccc3)c2)N1CCO. The van der Waals surface area contributed by atoms with Crippen molar-refractivity contribution in [3.63, 3.8) is 0 Å². The van der Waals surface area contributed by atoms with Crippen molar-refractivity contribution < 1.29 is 19.7 Å². The summed E-state index contributed by atoms with van der Waals surface area (Å²) in [6, 6.07) is 23.4. The van der Waals surface area contributed by atoms with Gasteiger partial charge in [0.1, 0.15) is 23.3 Å². The van der Waals surface area contributed by atoms with E-state index < -0.39 is 6.04 Å². The van der Waals surface area contributed by atoms with Crippen LogP contribution >= 0.6 is 0 Å². The Labute approximate surface area is 186 Å². The van der Waals surface area contributed by atoms with Gasteiger partial charge >= 0.3 is 0 Å². The molecule has 5 rings (SSSR count). The number of phenols is 1. The summed E-state index contributed by atoms with van der Waals surface area (Å²) in [5.74, 6) is 1.32. The molecule has 2 saturated heterocycles. The van der Waals surface area contributed by atoms with E-state index in [1.165, 1.54) is 0 Å². The summed E-state index contributed by atoms with van der Waals surface area (Å²) in [5, 5.41) is 20.1. The molecule has 0 spiro atoms. The Hall–Kier alpha value is -3.39. The maximum Gasteiger partial charge on any atom is 0.242 e. The lowest BCUT2D eigenvalue weighted by atomic mass is 9.83. The average molecular weight is 431 g/mol. The van der Waals surface area contributed by atoms with Gasteiger partial charge in [-0.05, 0) is 35.9 Å². The highest BCUT2D eigenvalue weighted by atomic mass is 16.5. The van der Waals surface area contributed by atoms with Crippen LogP contribution in [-0.4, -0.2) is 40.2 Å². The highest BCUT2D eigenvalue weighted by molar-refractivity contribution is 5.86. The van der Waals surface area contributed by atoms with Gasteiger partial charge in [0.25, 0.3) is 0 Å². The van der Waals surface area contributed by atoms with Crippen LogP contribution in [0.3, 0.4) is 0 Å². The fourth-order valence-corrected chi connectivity index (χ4v) is 4.86. The first-order valence-electron chi connectivity index (χ1n) is 10.7. The van der Waals surface area contributed by atoms with Gasteiger partial charge in [-0.2, -0.15) is 0 Å². The van der Waals surface area contributed by atoms with Crippen LogP contribution in [0.1, 0.15) is 23.2 Å². The van der Waals surface area contributed by atoms with Gasteiger partial charge in [-0.1, -0.05) is 48.5 Å². The number of hydrazine groups is 1. The second kappa shape index (κ2) is 8.63. The molecule has 164 valence electrons. The number of amides is 1. The molecule has 3 aromatic carbocycles. The summed E-state index contributed by atoms with van der Waals surface area (Å²) in [6.45, 7) is 0.103. The number of aliphatic hydroxyl groups is 1. The van der Waals surface area contributed by atoms with Crippen LogP contribution in [0.5, 0.6) is 17.2 Å². The number of hydrogen-bond acceptors (Lipinski definition) is 6. The van der Waals surface area contributed by atoms with Crippen LogP contribution in [0.25, 0.3) is 0 Å². The van der Waals surface area contributed by atoms with Crippen LogP contribution in [0.15, 0.2) is 78.9 Å². The zero-order valence-corrected chi connectivity index (χ0v) is 17.4. The van der Waals surface area contributed by atoms with E-state index in [9.17, 15) is 15.0 Å². The largest absolute Gasteiger partial charge is 0.508 e. The lowest BCUT2D eigenvalue weighted by Gasteiger charge is -2.31. The smallest absolute Gasteiger partial charge is 0.242 e. The Morgan fingerprint density at radius 1 is 0.875 bits per heavy atom. The number of benzene rings is 3. The van der Waals surface area contributed by atoms with Crippen molar-refractivity contribution in [3.8, 4) is 17.2 Å². The molecule has 0 aromatic heterocycles. The summed E-state index contributed by atoms with van der Waals surface area (Å²) in [6.07, 6.45) is 0. The zero-order valence-electron chi connectivity index (χ0n) is 17.4. The van der Waals surface area contributed by atoms with Crippen LogP contribution in [0.2, 0.25) is 0 Å². The summed E-state index contributed by atoms with van der Waals surface area (Å²) in [4.78, 5) is 14.9. The molecule has 2 heterocycles.